The first kappa shape index (κ1) is 20.2. The molecular formula is C20H24N2O5S. The maximum absolute atomic E-state index is 12.9. The van der Waals surface area contributed by atoms with Gasteiger partial charge in [0.05, 0.1) is 4.90 Å². The molecule has 1 heterocycles. The molecule has 0 bridgehead atoms. The first-order valence-corrected chi connectivity index (χ1v) is 10.5. The van der Waals surface area contributed by atoms with Gasteiger partial charge in [-0.2, -0.15) is 0 Å². The van der Waals surface area contributed by atoms with Crippen LogP contribution in [0.3, 0.4) is 0 Å². The average Bonchev–Trinajstić information content (AvgIpc) is 2.65. The second kappa shape index (κ2) is 8.20. The normalized spacial score (nSPS) is 14.6. The Hall–Kier alpha value is -2.58. The molecule has 0 aromatic heterocycles. The summed E-state index contributed by atoms with van der Waals surface area (Å²) in [5.74, 6) is 1.07. The van der Waals surface area contributed by atoms with Crippen LogP contribution in [0.5, 0.6) is 11.5 Å². The van der Waals surface area contributed by atoms with Crippen molar-refractivity contribution in [2.45, 2.75) is 31.7 Å². The summed E-state index contributed by atoms with van der Waals surface area (Å²) in [6.07, 6.45) is 0. The van der Waals surface area contributed by atoms with Gasteiger partial charge in [-0.15, -0.1) is 0 Å². The number of carbonyl (C=O) groups is 1. The molecule has 2 aromatic carbocycles. The van der Waals surface area contributed by atoms with E-state index in [0.29, 0.717) is 30.4 Å². The summed E-state index contributed by atoms with van der Waals surface area (Å²) >= 11 is 0. The van der Waals surface area contributed by atoms with Gasteiger partial charge in [-0.3, -0.25) is 4.79 Å². The zero-order valence-electron chi connectivity index (χ0n) is 16.1. The lowest BCUT2D eigenvalue weighted by Crippen LogP contribution is -2.32. The Kier molecular flexibility index (Phi) is 5.90. The van der Waals surface area contributed by atoms with Gasteiger partial charge in [0.25, 0.3) is 0 Å². The maximum atomic E-state index is 12.9. The lowest BCUT2D eigenvalue weighted by atomic mass is 9.97. The van der Waals surface area contributed by atoms with Crippen molar-refractivity contribution in [1.29, 1.82) is 0 Å². The number of amides is 1. The van der Waals surface area contributed by atoms with Crippen molar-refractivity contribution in [1.82, 2.24) is 4.72 Å². The number of rotatable bonds is 6. The molecular weight excluding hydrogens is 380 g/mol. The van der Waals surface area contributed by atoms with Crippen LogP contribution in [-0.2, 0) is 14.8 Å². The van der Waals surface area contributed by atoms with Crippen LogP contribution in [-0.4, -0.2) is 27.5 Å². The van der Waals surface area contributed by atoms with Crippen LogP contribution in [0.1, 0.15) is 32.4 Å². The predicted molar refractivity (Wildman–Crippen MR) is 106 cm³/mol. The molecule has 2 N–H and O–H groups in total. The van der Waals surface area contributed by atoms with E-state index in [-0.39, 0.29) is 16.7 Å². The molecule has 7 nitrogen and oxygen atoms in total. The van der Waals surface area contributed by atoms with Crippen molar-refractivity contribution >= 4 is 21.6 Å². The van der Waals surface area contributed by atoms with Gasteiger partial charge < -0.3 is 14.8 Å². The monoisotopic (exact) mass is 404 g/mol. The summed E-state index contributed by atoms with van der Waals surface area (Å²) in [6.45, 7) is 6.26. The number of hydrogen-bond donors (Lipinski definition) is 2. The van der Waals surface area contributed by atoms with Gasteiger partial charge in [-0.05, 0) is 47.9 Å². The SMILES string of the molecule is CC(=O)Nc1ccc(S(=O)(=O)N[C@H](c2ccc3c(c2)OCCO3)C(C)C)cc1. The van der Waals surface area contributed by atoms with Crippen molar-refractivity contribution in [3.63, 3.8) is 0 Å². The molecule has 0 aliphatic carbocycles. The van der Waals surface area contributed by atoms with Gasteiger partial charge in [-0.1, -0.05) is 19.9 Å². The van der Waals surface area contributed by atoms with E-state index in [0.717, 1.165) is 5.56 Å². The van der Waals surface area contributed by atoms with Gasteiger partial charge in [0, 0.05) is 18.7 Å². The summed E-state index contributed by atoms with van der Waals surface area (Å²) in [5, 5.41) is 2.62. The number of benzene rings is 2. The van der Waals surface area contributed by atoms with Gasteiger partial charge in [0.1, 0.15) is 13.2 Å². The molecule has 2 aromatic rings. The smallest absolute Gasteiger partial charge is 0.241 e. The molecule has 0 spiro atoms. The summed E-state index contributed by atoms with van der Waals surface area (Å²) in [5.41, 5.74) is 1.34. The first-order chi connectivity index (χ1) is 13.3. The Bertz CT molecular complexity index is 955. The van der Waals surface area contributed by atoms with Gasteiger partial charge >= 0.3 is 0 Å². The number of anilines is 1. The van der Waals surface area contributed by atoms with Crippen LogP contribution in [0.15, 0.2) is 47.4 Å². The lowest BCUT2D eigenvalue weighted by Gasteiger charge is -2.25. The molecule has 1 amide bonds. The van der Waals surface area contributed by atoms with Crippen LogP contribution in [0.25, 0.3) is 0 Å². The molecule has 0 unspecified atom stereocenters. The fourth-order valence-corrected chi connectivity index (χ4v) is 4.37. The third-order valence-electron chi connectivity index (χ3n) is 4.36. The van der Waals surface area contributed by atoms with Crippen LogP contribution in [0, 0.1) is 5.92 Å². The molecule has 150 valence electrons. The molecule has 1 aliphatic rings. The lowest BCUT2D eigenvalue weighted by molar-refractivity contribution is -0.114. The molecule has 28 heavy (non-hydrogen) atoms. The molecule has 3 rings (SSSR count). The summed E-state index contributed by atoms with van der Waals surface area (Å²) in [4.78, 5) is 11.2. The molecule has 0 radical (unpaired) electrons. The highest BCUT2D eigenvalue weighted by molar-refractivity contribution is 7.89. The number of nitrogens with one attached hydrogen (secondary N) is 2. The zero-order valence-corrected chi connectivity index (χ0v) is 16.9. The molecule has 8 heteroatoms. The number of carbonyl (C=O) groups excluding carboxylic acids is 1. The Morgan fingerprint density at radius 1 is 1.00 bits per heavy atom. The standard InChI is InChI=1S/C20H24N2O5S/c1-13(2)20(15-4-9-18-19(12-15)27-11-10-26-18)22-28(24,25)17-7-5-16(6-8-17)21-14(3)23/h4-9,12-13,20,22H,10-11H2,1-3H3,(H,21,23)/t20-/m0/s1. The first-order valence-electron chi connectivity index (χ1n) is 9.06. The van der Waals surface area contributed by atoms with E-state index in [1.54, 1.807) is 18.2 Å². The maximum Gasteiger partial charge on any atom is 0.241 e. The van der Waals surface area contributed by atoms with Gasteiger partial charge in [-0.25, -0.2) is 13.1 Å². The van der Waals surface area contributed by atoms with E-state index in [2.05, 4.69) is 10.0 Å². The minimum absolute atomic E-state index is 0.0102. The minimum Gasteiger partial charge on any atom is -0.486 e. The van der Waals surface area contributed by atoms with Crippen LogP contribution < -0.4 is 19.5 Å². The second-order valence-corrected chi connectivity index (χ2v) is 8.67. The van der Waals surface area contributed by atoms with E-state index in [4.69, 9.17) is 9.47 Å². The Balaban J connectivity index is 1.84. The Labute approximate surface area is 165 Å². The largest absolute Gasteiger partial charge is 0.486 e. The highest BCUT2D eigenvalue weighted by Crippen LogP contribution is 2.35. The highest BCUT2D eigenvalue weighted by Gasteiger charge is 2.25. The minimum atomic E-state index is -3.75. The third-order valence-corrected chi connectivity index (χ3v) is 5.82. The third kappa shape index (κ3) is 4.63. The fraction of sp³-hybridized carbons (Fsp3) is 0.350. The highest BCUT2D eigenvalue weighted by atomic mass is 32.2. The molecule has 1 aliphatic heterocycles. The Morgan fingerprint density at radius 2 is 1.64 bits per heavy atom. The van der Waals surface area contributed by atoms with Crippen LogP contribution >= 0.6 is 0 Å². The molecule has 0 fully saturated rings. The van der Waals surface area contributed by atoms with E-state index in [1.165, 1.54) is 19.1 Å². The van der Waals surface area contributed by atoms with Crippen LogP contribution in [0.4, 0.5) is 5.69 Å². The molecule has 1 atom stereocenters. The summed E-state index contributed by atoms with van der Waals surface area (Å²) in [7, 11) is -3.75. The van der Waals surface area contributed by atoms with Crippen molar-refractivity contribution in [3.05, 3.63) is 48.0 Å². The Morgan fingerprint density at radius 3 is 2.25 bits per heavy atom. The quantitative estimate of drug-likeness (QED) is 0.772. The number of sulfonamides is 1. The topological polar surface area (TPSA) is 93.7 Å². The zero-order chi connectivity index (χ0) is 20.3. The second-order valence-electron chi connectivity index (χ2n) is 6.95. The number of ether oxygens (including phenoxy) is 2. The molecule has 0 saturated carbocycles. The van der Waals surface area contributed by atoms with Gasteiger partial charge in [0.15, 0.2) is 11.5 Å². The average molecular weight is 404 g/mol. The van der Waals surface area contributed by atoms with Crippen molar-refractivity contribution < 1.29 is 22.7 Å². The van der Waals surface area contributed by atoms with E-state index in [9.17, 15) is 13.2 Å². The van der Waals surface area contributed by atoms with Crippen molar-refractivity contribution in [2.75, 3.05) is 18.5 Å². The van der Waals surface area contributed by atoms with E-state index in [1.807, 2.05) is 26.0 Å². The number of fused-ring (bicyclic) bond motifs is 1. The van der Waals surface area contributed by atoms with Crippen molar-refractivity contribution in [3.8, 4) is 11.5 Å². The predicted octanol–water partition coefficient (Wildman–Crippen LogP) is 3.09. The summed E-state index contributed by atoms with van der Waals surface area (Å²) < 4.78 is 39.7. The van der Waals surface area contributed by atoms with Gasteiger partial charge in [0.2, 0.25) is 15.9 Å². The summed E-state index contributed by atoms with van der Waals surface area (Å²) in [6, 6.07) is 11.1. The fourth-order valence-electron chi connectivity index (χ4n) is 3.00. The molecule has 0 saturated heterocycles. The van der Waals surface area contributed by atoms with Crippen molar-refractivity contribution in [2.24, 2.45) is 5.92 Å². The van der Waals surface area contributed by atoms with E-state index < -0.39 is 16.1 Å². The van der Waals surface area contributed by atoms with Crippen LogP contribution in [0.2, 0.25) is 0 Å². The number of hydrogen-bond acceptors (Lipinski definition) is 5. The van der Waals surface area contributed by atoms with E-state index >= 15 is 0 Å².